The number of carbonyl (C=O) groups excluding carboxylic acids is 1. The summed E-state index contributed by atoms with van der Waals surface area (Å²) in [5.41, 5.74) is 2.76. The van der Waals surface area contributed by atoms with Gasteiger partial charge < -0.3 is 9.64 Å². The fourth-order valence-corrected chi connectivity index (χ4v) is 2.43. The van der Waals surface area contributed by atoms with Gasteiger partial charge in [-0.25, -0.2) is 4.79 Å². The fraction of sp³-hybridized carbons (Fsp3) is 0.412. The highest BCUT2D eigenvalue weighted by atomic mass is 16.5. The average Bonchev–Trinajstić information content (AvgIpc) is 3.00. The standard InChI is InChI=1S/C17H22N2O2/c1-3-4-5-13-10-11-19(12-13)16(18)14-6-8-15(9-7-14)17(20)21-2/h6-10,18H,3-5,11-12H2,1-2H3. The van der Waals surface area contributed by atoms with Gasteiger partial charge in [-0.1, -0.05) is 37.1 Å². The summed E-state index contributed by atoms with van der Waals surface area (Å²) in [5, 5.41) is 8.29. The maximum Gasteiger partial charge on any atom is 0.337 e. The zero-order chi connectivity index (χ0) is 15.2. The van der Waals surface area contributed by atoms with Gasteiger partial charge in [0.1, 0.15) is 5.84 Å². The minimum absolute atomic E-state index is 0.349. The molecule has 0 aromatic heterocycles. The molecule has 1 heterocycles. The van der Waals surface area contributed by atoms with E-state index in [2.05, 4.69) is 22.6 Å². The predicted molar refractivity (Wildman–Crippen MR) is 83.8 cm³/mol. The number of methoxy groups -OCH3 is 1. The number of amidine groups is 1. The van der Waals surface area contributed by atoms with E-state index in [4.69, 9.17) is 5.41 Å². The van der Waals surface area contributed by atoms with E-state index in [-0.39, 0.29) is 5.97 Å². The smallest absolute Gasteiger partial charge is 0.337 e. The molecular formula is C17H22N2O2. The normalized spacial score (nSPS) is 14.0. The van der Waals surface area contributed by atoms with Gasteiger partial charge in [-0.2, -0.15) is 0 Å². The number of nitrogens with zero attached hydrogens (tertiary/aromatic N) is 1. The number of hydrogen-bond acceptors (Lipinski definition) is 3. The van der Waals surface area contributed by atoms with Crippen molar-refractivity contribution in [2.45, 2.75) is 26.2 Å². The Balaban J connectivity index is 1.97. The van der Waals surface area contributed by atoms with E-state index < -0.39 is 0 Å². The topological polar surface area (TPSA) is 53.4 Å². The lowest BCUT2D eigenvalue weighted by Crippen LogP contribution is -2.29. The molecule has 0 spiro atoms. The van der Waals surface area contributed by atoms with Gasteiger partial charge in [0, 0.05) is 18.7 Å². The van der Waals surface area contributed by atoms with Crippen molar-refractivity contribution in [2.24, 2.45) is 0 Å². The first-order chi connectivity index (χ1) is 10.2. The van der Waals surface area contributed by atoms with Crippen molar-refractivity contribution in [3.8, 4) is 0 Å². The number of benzene rings is 1. The first-order valence-electron chi connectivity index (χ1n) is 7.36. The summed E-state index contributed by atoms with van der Waals surface area (Å²) in [7, 11) is 1.37. The van der Waals surface area contributed by atoms with Crippen LogP contribution in [0.4, 0.5) is 0 Å². The molecule has 4 nitrogen and oxygen atoms in total. The monoisotopic (exact) mass is 286 g/mol. The summed E-state index contributed by atoms with van der Waals surface area (Å²) in [6.45, 7) is 3.84. The van der Waals surface area contributed by atoms with Crippen LogP contribution >= 0.6 is 0 Å². The van der Waals surface area contributed by atoms with Crippen molar-refractivity contribution in [2.75, 3.05) is 20.2 Å². The quantitative estimate of drug-likeness (QED) is 0.391. The summed E-state index contributed by atoms with van der Waals surface area (Å²) in [4.78, 5) is 13.5. The number of ether oxygens (including phenoxy) is 1. The molecule has 0 aliphatic carbocycles. The first-order valence-corrected chi connectivity index (χ1v) is 7.36. The minimum atomic E-state index is -0.349. The number of hydrogen-bond donors (Lipinski definition) is 1. The third-order valence-corrected chi connectivity index (χ3v) is 3.74. The van der Waals surface area contributed by atoms with Gasteiger partial charge in [-0.05, 0) is 25.0 Å². The van der Waals surface area contributed by atoms with Crippen molar-refractivity contribution < 1.29 is 9.53 Å². The van der Waals surface area contributed by atoms with E-state index >= 15 is 0 Å². The number of carbonyl (C=O) groups is 1. The Bertz CT molecular complexity index is 546. The van der Waals surface area contributed by atoms with Crippen LogP contribution in [0.5, 0.6) is 0 Å². The van der Waals surface area contributed by atoms with Gasteiger partial charge in [0.2, 0.25) is 0 Å². The Morgan fingerprint density at radius 2 is 1.95 bits per heavy atom. The minimum Gasteiger partial charge on any atom is -0.465 e. The number of esters is 1. The highest BCUT2D eigenvalue weighted by Gasteiger charge is 2.18. The van der Waals surface area contributed by atoms with Crippen molar-refractivity contribution >= 4 is 11.8 Å². The molecule has 1 aromatic carbocycles. The molecule has 0 saturated heterocycles. The molecule has 4 heteroatoms. The molecule has 1 aromatic rings. The van der Waals surface area contributed by atoms with E-state index in [9.17, 15) is 4.79 Å². The van der Waals surface area contributed by atoms with Gasteiger partial charge in [-0.15, -0.1) is 0 Å². The second-order valence-corrected chi connectivity index (χ2v) is 5.26. The van der Waals surface area contributed by atoms with Crippen LogP contribution in [0.15, 0.2) is 35.9 Å². The Hall–Kier alpha value is -2.10. The molecule has 0 bridgehead atoms. The van der Waals surface area contributed by atoms with Gasteiger partial charge in [0.15, 0.2) is 0 Å². The molecule has 0 unspecified atom stereocenters. The molecule has 1 aliphatic rings. The second kappa shape index (κ2) is 7.07. The number of rotatable bonds is 5. The lowest BCUT2D eigenvalue weighted by atomic mass is 10.1. The van der Waals surface area contributed by atoms with Gasteiger partial charge in [0.05, 0.1) is 12.7 Å². The third kappa shape index (κ3) is 3.72. The van der Waals surface area contributed by atoms with Crippen LogP contribution in [0.3, 0.4) is 0 Å². The van der Waals surface area contributed by atoms with Crippen molar-refractivity contribution in [3.63, 3.8) is 0 Å². The van der Waals surface area contributed by atoms with Gasteiger partial charge in [-0.3, -0.25) is 5.41 Å². The van der Waals surface area contributed by atoms with E-state index in [1.165, 1.54) is 25.5 Å². The van der Waals surface area contributed by atoms with Crippen molar-refractivity contribution in [1.82, 2.24) is 4.90 Å². The van der Waals surface area contributed by atoms with Crippen molar-refractivity contribution in [3.05, 3.63) is 47.0 Å². The molecule has 112 valence electrons. The van der Waals surface area contributed by atoms with Crippen molar-refractivity contribution in [1.29, 1.82) is 5.41 Å². The maximum atomic E-state index is 11.4. The van der Waals surface area contributed by atoms with Crippen LogP contribution in [0.25, 0.3) is 0 Å². The Morgan fingerprint density at radius 3 is 2.57 bits per heavy atom. The molecule has 2 rings (SSSR count). The van der Waals surface area contributed by atoms with Crippen LogP contribution in [0.1, 0.15) is 42.1 Å². The molecule has 0 atom stereocenters. The molecule has 0 saturated carbocycles. The zero-order valence-electron chi connectivity index (χ0n) is 12.7. The molecule has 0 fully saturated rings. The van der Waals surface area contributed by atoms with E-state index in [0.29, 0.717) is 11.4 Å². The molecule has 1 N–H and O–H groups in total. The van der Waals surface area contributed by atoms with Crippen LogP contribution in [0, 0.1) is 5.41 Å². The van der Waals surface area contributed by atoms with Crippen LogP contribution < -0.4 is 0 Å². The Morgan fingerprint density at radius 1 is 1.29 bits per heavy atom. The lowest BCUT2D eigenvalue weighted by Gasteiger charge is -2.19. The van der Waals surface area contributed by atoms with Gasteiger partial charge >= 0.3 is 5.97 Å². The number of unbranched alkanes of at least 4 members (excludes halogenated alkanes) is 1. The molecule has 1 aliphatic heterocycles. The summed E-state index contributed by atoms with van der Waals surface area (Å²) >= 11 is 0. The van der Waals surface area contributed by atoms with E-state index in [0.717, 1.165) is 25.1 Å². The average molecular weight is 286 g/mol. The maximum absolute atomic E-state index is 11.4. The van der Waals surface area contributed by atoms with E-state index in [1.807, 2.05) is 0 Å². The summed E-state index contributed by atoms with van der Waals surface area (Å²) in [6.07, 6.45) is 5.76. The lowest BCUT2D eigenvalue weighted by molar-refractivity contribution is 0.0600. The van der Waals surface area contributed by atoms with Gasteiger partial charge in [0.25, 0.3) is 0 Å². The predicted octanol–water partition coefficient (Wildman–Crippen LogP) is 3.23. The first kappa shape index (κ1) is 15.3. The Kier molecular flexibility index (Phi) is 5.14. The summed E-state index contributed by atoms with van der Waals surface area (Å²) in [5.74, 6) is 0.159. The second-order valence-electron chi connectivity index (χ2n) is 5.26. The van der Waals surface area contributed by atoms with Crippen LogP contribution in [-0.2, 0) is 4.74 Å². The number of nitrogens with one attached hydrogen (secondary N) is 1. The Labute approximate surface area is 125 Å². The highest BCUT2D eigenvalue weighted by molar-refractivity contribution is 5.98. The third-order valence-electron chi connectivity index (χ3n) is 3.74. The van der Waals surface area contributed by atoms with Crippen LogP contribution in [0.2, 0.25) is 0 Å². The largest absolute Gasteiger partial charge is 0.465 e. The molecule has 0 amide bonds. The molecule has 0 radical (unpaired) electrons. The van der Waals surface area contributed by atoms with E-state index in [1.54, 1.807) is 24.3 Å². The van der Waals surface area contributed by atoms with Crippen LogP contribution in [-0.4, -0.2) is 36.9 Å². The zero-order valence-corrected chi connectivity index (χ0v) is 12.7. The highest BCUT2D eigenvalue weighted by Crippen LogP contribution is 2.18. The SMILES string of the molecule is CCCCC1=CCN(C(=N)c2ccc(C(=O)OC)cc2)C1. The summed E-state index contributed by atoms with van der Waals surface area (Å²) < 4.78 is 4.68. The summed E-state index contributed by atoms with van der Waals surface area (Å²) in [6, 6.07) is 7.02. The molecular weight excluding hydrogens is 264 g/mol. The fourth-order valence-electron chi connectivity index (χ4n) is 2.43. The molecule has 21 heavy (non-hydrogen) atoms.